The third-order valence-corrected chi connectivity index (χ3v) is 7.66. The molecule has 2 saturated heterocycles. The Balaban J connectivity index is 1.37. The van der Waals surface area contributed by atoms with Gasteiger partial charge in [0.15, 0.2) is 6.29 Å². The van der Waals surface area contributed by atoms with Crippen LogP contribution in [-0.4, -0.2) is 64.0 Å². The summed E-state index contributed by atoms with van der Waals surface area (Å²) in [6.07, 6.45) is 4.45. The number of aliphatic hydroxyl groups excluding tert-OH is 2. The van der Waals surface area contributed by atoms with E-state index >= 15 is 0 Å². The number of benzene rings is 2. The minimum absolute atomic E-state index is 0.0100. The average molecular weight is 556 g/mol. The Kier molecular flexibility index (Phi) is 11.5. The topological polar surface area (TPSA) is 141 Å². The van der Waals surface area contributed by atoms with Gasteiger partial charge in [0.25, 0.3) is 0 Å². The summed E-state index contributed by atoms with van der Waals surface area (Å²) in [7, 11) is 0. The average Bonchev–Trinajstić information content (AvgIpc) is 3.44. The van der Waals surface area contributed by atoms with Crippen molar-refractivity contribution >= 4 is 17.5 Å². The first-order valence-electron chi connectivity index (χ1n) is 14.2. The predicted molar refractivity (Wildman–Crippen MR) is 148 cm³/mol. The number of unbranched alkanes of at least 4 members (excludes halogenated alkanes) is 2. The first-order valence-corrected chi connectivity index (χ1v) is 14.2. The summed E-state index contributed by atoms with van der Waals surface area (Å²) in [6, 6.07) is 15.4. The standard InChI is InChI=1S/C30H41N3O7/c34-19-21-8-10-22(11-9-21)27-17-26(18-33-16-4-5-25(33)20-35)39-30(40-27)23-12-14-24(15-13-23)31-28(36)6-2-1-3-7-29(37)32-38/h8-15,25-27,30,34-35,38H,1-7,16-20H2,(H,31,36)(H,32,37). The van der Waals surface area contributed by atoms with Crippen LogP contribution in [-0.2, 0) is 25.7 Å². The molecule has 2 aliphatic heterocycles. The van der Waals surface area contributed by atoms with E-state index in [0.29, 0.717) is 31.4 Å². The monoisotopic (exact) mass is 555 g/mol. The zero-order valence-electron chi connectivity index (χ0n) is 22.8. The van der Waals surface area contributed by atoms with Crippen molar-refractivity contribution in [2.24, 2.45) is 0 Å². The van der Waals surface area contributed by atoms with E-state index in [1.54, 1.807) is 5.48 Å². The molecule has 0 radical (unpaired) electrons. The van der Waals surface area contributed by atoms with Crippen LogP contribution in [0.5, 0.6) is 0 Å². The molecule has 4 rings (SSSR count). The second kappa shape index (κ2) is 15.2. The number of hydrogen-bond acceptors (Lipinski definition) is 8. The maximum Gasteiger partial charge on any atom is 0.243 e. The summed E-state index contributed by atoms with van der Waals surface area (Å²) in [5, 5.41) is 30.6. The number of hydrogen-bond donors (Lipinski definition) is 5. The van der Waals surface area contributed by atoms with Gasteiger partial charge in [0.05, 0.1) is 25.4 Å². The molecule has 0 spiro atoms. The molecular weight excluding hydrogens is 514 g/mol. The number of aliphatic hydroxyl groups is 2. The third kappa shape index (κ3) is 8.57. The van der Waals surface area contributed by atoms with Crippen molar-refractivity contribution in [3.63, 3.8) is 0 Å². The van der Waals surface area contributed by atoms with Gasteiger partial charge in [-0.05, 0) is 55.5 Å². The first kappa shape index (κ1) is 30.1. The van der Waals surface area contributed by atoms with Gasteiger partial charge >= 0.3 is 0 Å². The number of carbonyl (C=O) groups is 2. The molecule has 0 aromatic heterocycles. The van der Waals surface area contributed by atoms with E-state index in [1.807, 2.05) is 48.5 Å². The number of hydroxylamine groups is 1. The van der Waals surface area contributed by atoms with Gasteiger partial charge in [0.2, 0.25) is 11.8 Å². The highest BCUT2D eigenvalue weighted by molar-refractivity contribution is 5.90. The number of rotatable bonds is 13. The lowest BCUT2D eigenvalue weighted by molar-refractivity contribution is -0.253. The number of amides is 2. The fraction of sp³-hybridized carbons (Fsp3) is 0.533. The van der Waals surface area contributed by atoms with Gasteiger partial charge in [-0.3, -0.25) is 19.7 Å². The first-order chi connectivity index (χ1) is 19.5. The van der Waals surface area contributed by atoms with Crippen LogP contribution < -0.4 is 10.8 Å². The van der Waals surface area contributed by atoms with Crippen LogP contribution in [0.25, 0.3) is 0 Å². The van der Waals surface area contributed by atoms with Crippen LogP contribution in [0.2, 0.25) is 0 Å². The molecule has 2 fully saturated rings. The molecule has 218 valence electrons. The molecule has 5 N–H and O–H groups in total. The van der Waals surface area contributed by atoms with Crippen molar-refractivity contribution in [1.82, 2.24) is 10.4 Å². The van der Waals surface area contributed by atoms with E-state index in [2.05, 4.69) is 10.2 Å². The Morgan fingerprint density at radius 3 is 2.27 bits per heavy atom. The highest BCUT2D eigenvalue weighted by Crippen LogP contribution is 2.39. The Bertz CT molecular complexity index is 1080. The van der Waals surface area contributed by atoms with Gasteiger partial charge in [-0.25, -0.2) is 5.48 Å². The van der Waals surface area contributed by atoms with E-state index in [0.717, 1.165) is 49.0 Å². The molecule has 2 amide bonds. The Morgan fingerprint density at radius 2 is 1.60 bits per heavy atom. The lowest BCUT2D eigenvalue weighted by Crippen LogP contribution is -2.42. The number of nitrogens with one attached hydrogen (secondary N) is 2. The Morgan fingerprint density at radius 1 is 0.900 bits per heavy atom. The Labute approximate surface area is 235 Å². The van der Waals surface area contributed by atoms with Gasteiger partial charge in [-0.15, -0.1) is 0 Å². The summed E-state index contributed by atoms with van der Waals surface area (Å²) in [6.45, 7) is 1.80. The van der Waals surface area contributed by atoms with Crippen molar-refractivity contribution in [3.8, 4) is 0 Å². The van der Waals surface area contributed by atoms with Gasteiger partial charge in [-0.2, -0.15) is 0 Å². The number of ether oxygens (including phenoxy) is 2. The third-order valence-electron chi connectivity index (χ3n) is 7.66. The number of likely N-dealkylation sites (tertiary alicyclic amines) is 1. The molecule has 2 aromatic rings. The second-order valence-electron chi connectivity index (χ2n) is 10.6. The number of anilines is 1. The fourth-order valence-corrected chi connectivity index (χ4v) is 5.39. The highest BCUT2D eigenvalue weighted by atomic mass is 16.7. The molecule has 10 heteroatoms. The molecule has 0 saturated carbocycles. The van der Waals surface area contributed by atoms with Gasteiger partial charge in [0, 0.05) is 43.1 Å². The van der Waals surface area contributed by atoms with E-state index in [-0.39, 0.29) is 43.8 Å². The van der Waals surface area contributed by atoms with Crippen LogP contribution in [0.4, 0.5) is 5.69 Å². The summed E-state index contributed by atoms with van der Waals surface area (Å²) in [5.74, 6) is -0.516. The second-order valence-corrected chi connectivity index (χ2v) is 10.6. The van der Waals surface area contributed by atoms with Crippen molar-refractivity contribution < 1.29 is 34.5 Å². The zero-order chi connectivity index (χ0) is 28.3. The number of nitrogens with zero attached hydrogens (tertiary/aromatic N) is 1. The van der Waals surface area contributed by atoms with E-state index in [1.165, 1.54) is 0 Å². The lowest BCUT2D eigenvalue weighted by atomic mass is 9.99. The van der Waals surface area contributed by atoms with E-state index in [4.69, 9.17) is 14.7 Å². The predicted octanol–water partition coefficient (Wildman–Crippen LogP) is 3.58. The molecule has 10 nitrogen and oxygen atoms in total. The van der Waals surface area contributed by atoms with Crippen LogP contribution in [0, 0.1) is 0 Å². The molecule has 2 aliphatic rings. The molecule has 2 aromatic carbocycles. The van der Waals surface area contributed by atoms with Crippen molar-refractivity contribution in [1.29, 1.82) is 0 Å². The summed E-state index contributed by atoms with van der Waals surface area (Å²) in [5.41, 5.74) is 5.01. The summed E-state index contributed by atoms with van der Waals surface area (Å²) >= 11 is 0. The molecule has 2 heterocycles. The molecule has 4 atom stereocenters. The maximum atomic E-state index is 12.3. The smallest absolute Gasteiger partial charge is 0.243 e. The van der Waals surface area contributed by atoms with Crippen LogP contribution in [0.1, 0.15) is 80.5 Å². The lowest BCUT2D eigenvalue weighted by Gasteiger charge is -2.38. The minimum atomic E-state index is -0.586. The molecular formula is C30H41N3O7. The van der Waals surface area contributed by atoms with Crippen molar-refractivity contribution in [3.05, 3.63) is 65.2 Å². The molecule has 4 unspecified atom stereocenters. The molecule has 40 heavy (non-hydrogen) atoms. The fourth-order valence-electron chi connectivity index (χ4n) is 5.39. The molecule has 0 aliphatic carbocycles. The number of carbonyl (C=O) groups excluding carboxylic acids is 2. The maximum absolute atomic E-state index is 12.3. The quantitative estimate of drug-likeness (QED) is 0.144. The summed E-state index contributed by atoms with van der Waals surface area (Å²) < 4.78 is 12.8. The zero-order valence-corrected chi connectivity index (χ0v) is 22.8. The van der Waals surface area contributed by atoms with Crippen LogP contribution in [0.3, 0.4) is 0 Å². The van der Waals surface area contributed by atoms with Gasteiger partial charge in [-0.1, -0.05) is 42.8 Å². The van der Waals surface area contributed by atoms with Gasteiger partial charge in [0.1, 0.15) is 0 Å². The van der Waals surface area contributed by atoms with Crippen LogP contribution >= 0.6 is 0 Å². The molecule has 0 bridgehead atoms. The largest absolute Gasteiger partial charge is 0.395 e. The summed E-state index contributed by atoms with van der Waals surface area (Å²) in [4.78, 5) is 25.7. The highest BCUT2D eigenvalue weighted by Gasteiger charge is 2.35. The van der Waals surface area contributed by atoms with Crippen LogP contribution in [0.15, 0.2) is 48.5 Å². The SMILES string of the molecule is O=C(CCCCCC(=O)Nc1ccc(C2OC(CN3CCCC3CO)CC(c3ccc(CO)cc3)O2)cc1)NO. The van der Waals surface area contributed by atoms with Crippen molar-refractivity contribution in [2.45, 2.75) is 82.5 Å². The Hall–Kier alpha value is -2.86. The van der Waals surface area contributed by atoms with Crippen molar-refractivity contribution in [2.75, 3.05) is 25.0 Å². The van der Waals surface area contributed by atoms with E-state index in [9.17, 15) is 19.8 Å². The minimum Gasteiger partial charge on any atom is -0.395 e. The van der Waals surface area contributed by atoms with Gasteiger partial charge < -0.3 is 25.0 Å². The van der Waals surface area contributed by atoms with E-state index < -0.39 is 12.2 Å². The normalized spacial score (nSPS) is 23.2.